The molecule has 2 amide bonds. The van der Waals surface area contributed by atoms with Crippen LogP contribution < -0.4 is 4.90 Å². The van der Waals surface area contributed by atoms with Crippen LogP contribution in [0, 0.1) is 0 Å². The quantitative estimate of drug-likeness (QED) is 0.794. The average Bonchev–Trinajstić information content (AvgIpc) is 3.13. The van der Waals surface area contributed by atoms with E-state index in [-0.39, 0.29) is 17.9 Å². The molecule has 1 saturated heterocycles. The van der Waals surface area contributed by atoms with Crippen LogP contribution in [-0.4, -0.2) is 40.8 Å². The van der Waals surface area contributed by atoms with Gasteiger partial charge in [0.25, 0.3) is 11.8 Å². The van der Waals surface area contributed by atoms with Gasteiger partial charge in [0.15, 0.2) is 0 Å². The standard InChI is InChI=1S/C17H15N3O2/c21-16-13-5-1-2-6-14(13)17(22)20(16)12-8-10-19(11-12)15-7-3-4-9-18-15/h1-7,9,12H,8,10-11H2/t12-/m0/s1. The Morgan fingerprint density at radius 1 is 0.955 bits per heavy atom. The number of anilines is 1. The number of carbonyl (C=O) groups excluding carboxylic acids is 2. The Labute approximate surface area is 128 Å². The smallest absolute Gasteiger partial charge is 0.261 e. The Morgan fingerprint density at radius 2 is 1.64 bits per heavy atom. The van der Waals surface area contributed by atoms with Gasteiger partial charge in [-0.2, -0.15) is 0 Å². The van der Waals surface area contributed by atoms with Crippen LogP contribution in [0.25, 0.3) is 0 Å². The van der Waals surface area contributed by atoms with Crippen LogP contribution >= 0.6 is 0 Å². The van der Waals surface area contributed by atoms with E-state index in [4.69, 9.17) is 0 Å². The maximum Gasteiger partial charge on any atom is 0.261 e. The number of fused-ring (bicyclic) bond motifs is 1. The number of nitrogens with zero attached hydrogens (tertiary/aromatic N) is 3. The van der Waals surface area contributed by atoms with Gasteiger partial charge in [-0.05, 0) is 30.7 Å². The molecule has 1 atom stereocenters. The highest BCUT2D eigenvalue weighted by Crippen LogP contribution is 2.29. The molecule has 1 aromatic carbocycles. The zero-order valence-corrected chi connectivity index (χ0v) is 12.0. The van der Waals surface area contributed by atoms with Gasteiger partial charge in [0.1, 0.15) is 5.82 Å². The van der Waals surface area contributed by atoms with Crippen LogP contribution in [0.1, 0.15) is 27.1 Å². The second-order valence-corrected chi connectivity index (χ2v) is 5.60. The molecule has 0 saturated carbocycles. The Hall–Kier alpha value is -2.69. The van der Waals surface area contributed by atoms with Crippen molar-refractivity contribution in [2.75, 3.05) is 18.0 Å². The highest BCUT2D eigenvalue weighted by molar-refractivity contribution is 6.21. The number of hydrogen-bond acceptors (Lipinski definition) is 4. The number of hydrogen-bond donors (Lipinski definition) is 0. The summed E-state index contributed by atoms with van der Waals surface area (Å²) in [4.78, 5) is 32.9. The van der Waals surface area contributed by atoms with E-state index in [1.165, 1.54) is 4.90 Å². The minimum absolute atomic E-state index is 0.0885. The largest absolute Gasteiger partial charge is 0.354 e. The van der Waals surface area contributed by atoms with Crippen molar-refractivity contribution in [3.8, 4) is 0 Å². The zero-order valence-electron chi connectivity index (χ0n) is 12.0. The van der Waals surface area contributed by atoms with Gasteiger partial charge in [0, 0.05) is 19.3 Å². The van der Waals surface area contributed by atoms with Gasteiger partial charge >= 0.3 is 0 Å². The van der Waals surface area contributed by atoms with E-state index in [0.717, 1.165) is 18.8 Å². The normalized spacial score (nSPS) is 20.6. The fourth-order valence-corrected chi connectivity index (χ4v) is 3.24. The molecule has 110 valence electrons. The third-order valence-corrected chi connectivity index (χ3v) is 4.33. The van der Waals surface area contributed by atoms with Crippen LogP contribution in [0.2, 0.25) is 0 Å². The number of carbonyl (C=O) groups is 2. The highest BCUT2D eigenvalue weighted by Gasteiger charge is 2.42. The van der Waals surface area contributed by atoms with Crippen LogP contribution in [0.3, 0.4) is 0 Å². The number of aromatic nitrogens is 1. The van der Waals surface area contributed by atoms with Crippen LogP contribution in [0.5, 0.6) is 0 Å². The molecular formula is C17H15N3O2. The first-order chi connectivity index (χ1) is 10.8. The van der Waals surface area contributed by atoms with Crippen molar-refractivity contribution < 1.29 is 9.59 Å². The molecule has 2 aliphatic rings. The second kappa shape index (κ2) is 4.94. The Balaban J connectivity index is 1.58. The van der Waals surface area contributed by atoms with Crippen molar-refractivity contribution in [3.63, 3.8) is 0 Å². The first-order valence-corrected chi connectivity index (χ1v) is 7.38. The first kappa shape index (κ1) is 13.0. The molecule has 1 fully saturated rings. The number of benzene rings is 1. The molecular weight excluding hydrogens is 278 g/mol. The molecule has 1 aromatic heterocycles. The molecule has 0 bridgehead atoms. The molecule has 0 unspecified atom stereocenters. The molecule has 0 aliphatic carbocycles. The lowest BCUT2D eigenvalue weighted by Gasteiger charge is -2.23. The molecule has 2 aromatic rings. The molecule has 22 heavy (non-hydrogen) atoms. The van der Waals surface area contributed by atoms with Gasteiger partial charge < -0.3 is 4.90 Å². The molecule has 5 heteroatoms. The number of imide groups is 1. The van der Waals surface area contributed by atoms with Crippen molar-refractivity contribution in [2.24, 2.45) is 0 Å². The third kappa shape index (κ3) is 1.89. The van der Waals surface area contributed by atoms with E-state index in [9.17, 15) is 9.59 Å². The number of pyridine rings is 1. The summed E-state index contributed by atoms with van der Waals surface area (Å²) in [5.41, 5.74) is 1.03. The maximum absolute atomic E-state index is 12.5. The molecule has 5 nitrogen and oxygen atoms in total. The van der Waals surface area contributed by atoms with Gasteiger partial charge in [0.2, 0.25) is 0 Å². The Kier molecular flexibility index (Phi) is 2.92. The summed E-state index contributed by atoms with van der Waals surface area (Å²) in [6.07, 6.45) is 2.53. The summed E-state index contributed by atoms with van der Waals surface area (Å²) in [6, 6.07) is 12.7. The molecule has 0 radical (unpaired) electrons. The van der Waals surface area contributed by atoms with E-state index >= 15 is 0 Å². The SMILES string of the molecule is O=C1c2ccccc2C(=O)N1[C@H]1CCN(c2ccccn2)C1. The summed E-state index contributed by atoms with van der Waals surface area (Å²) in [7, 11) is 0. The predicted octanol–water partition coefficient (Wildman–Crippen LogP) is 1.96. The Morgan fingerprint density at radius 3 is 2.27 bits per heavy atom. The van der Waals surface area contributed by atoms with Crippen LogP contribution in [-0.2, 0) is 0 Å². The lowest BCUT2D eigenvalue weighted by atomic mass is 10.1. The first-order valence-electron chi connectivity index (χ1n) is 7.38. The van der Waals surface area contributed by atoms with E-state index in [1.807, 2.05) is 18.2 Å². The summed E-state index contributed by atoms with van der Waals surface area (Å²) < 4.78 is 0. The van der Waals surface area contributed by atoms with E-state index in [2.05, 4.69) is 9.88 Å². The van der Waals surface area contributed by atoms with Gasteiger partial charge in [-0.15, -0.1) is 0 Å². The average molecular weight is 293 g/mol. The molecule has 4 rings (SSSR count). The molecule has 0 N–H and O–H groups in total. The zero-order chi connectivity index (χ0) is 15.1. The minimum Gasteiger partial charge on any atom is -0.354 e. The lowest BCUT2D eigenvalue weighted by molar-refractivity contribution is 0.0598. The van der Waals surface area contributed by atoms with Crippen molar-refractivity contribution in [1.82, 2.24) is 9.88 Å². The van der Waals surface area contributed by atoms with Crippen LogP contribution in [0.15, 0.2) is 48.7 Å². The fraction of sp³-hybridized carbons (Fsp3) is 0.235. The van der Waals surface area contributed by atoms with Gasteiger partial charge in [-0.3, -0.25) is 14.5 Å². The van der Waals surface area contributed by atoms with Crippen molar-refractivity contribution in [3.05, 3.63) is 59.8 Å². The summed E-state index contributed by atoms with van der Waals surface area (Å²) in [6.45, 7) is 1.44. The van der Waals surface area contributed by atoms with Gasteiger partial charge in [-0.1, -0.05) is 18.2 Å². The summed E-state index contributed by atoms with van der Waals surface area (Å²) >= 11 is 0. The number of amides is 2. The monoisotopic (exact) mass is 293 g/mol. The molecule has 2 aliphatic heterocycles. The van der Waals surface area contributed by atoms with Crippen molar-refractivity contribution >= 4 is 17.6 Å². The summed E-state index contributed by atoms with van der Waals surface area (Å²) in [5, 5.41) is 0. The summed E-state index contributed by atoms with van der Waals surface area (Å²) in [5.74, 6) is 0.545. The van der Waals surface area contributed by atoms with E-state index in [1.54, 1.807) is 30.5 Å². The van der Waals surface area contributed by atoms with Crippen molar-refractivity contribution in [1.29, 1.82) is 0 Å². The van der Waals surface area contributed by atoms with Gasteiger partial charge in [0.05, 0.1) is 17.2 Å². The van der Waals surface area contributed by atoms with Gasteiger partial charge in [-0.25, -0.2) is 4.98 Å². The molecule has 0 spiro atoms. The van der Waals surface area contributed by atoms with E-state index < -0.39 is 0 Å². The Bertz CT molecular complexity index is 710. The van der Waals surface area contributed by atoms with Crippen LogP contribution in [0.4, 0.5) is 5.82 Å². The lowest BCUT2D eigenvalue weighted by Crippen LogP contribution is -2.41. The maximum atomic E-state index is 12.5. The third-order valence-electron chi connectivity index (χ3n) is 4.33. The number of rotatable bonds is 2. The predicted molar refractivity (Wildman–Crippen MR) is 81.8 cm³/mol. The minimum atomic E-state index is -0.173. The molecule has 3 heterocycles. The second-order valence-electron chi connectivity index (χ2n) is 5.60. The fourth-order valence-electron chi connectivity index (χ4n) is 3.24. The van der Waals surface area contributed by atoms with E-state index in [0.29, 0.717) is 17.7 Å². The van der Waals surface area contributed by atoms with Crippen molar-refractivity contribution in [2.45, 2.75) is 12.5 Å². The highest BCUT2D eigenvalue weighted by atomic mass is 16.2. The topological polar surface area (TPSA) is 53.5 Å².